The molecule has 0 fully saturated rings. The zero-order chi connectivity index (χ0) is 18.6. The highest BCUT2D eigenvalue weighted by Gasteiger charge is 2.16. The van der Waals surface area contributed by atoms with Gasteiger partial charge in [-0.2, -0.15) is 0 Å². The van der Waals surface area contributed by atoms with Crippen LogP contribution in [0.3, 0.4) is 0 Å². The van der Waals surface area contributed by atoms with Crippen molar-refractivity contribution < 1.29 is 19.1 Å². The molecule has 0 aliphatic rings. The fourth-order valence-electron chi connectivity index (χ4n) is 2.52. The van der Waals surface area contributed by atoms with Gasteiger partial charge in [-0.25, -0.2) is 4.79 Å². The number of carbonyl (C=O) groups is 2. The number of carbonyl (C=O) groups excluding carboxylic acids is 2. The van der Waals surface area contributed by atoms with Gasteiger partial charge < -0.3 is 19.3 Å². The molecule has 2 rings (SSSR count). The zero-order valence-electron chi connectivity index (χ0n) is 15.4. The topological polar surface area (TPSA) is 64.0 Å². The lowest BCUT2D eigenvalue weighted by Crippen LogP contribution is -2.24. The lowest BCUT2D eigenvalue weighted by atomic mass is 10.1. The van der Waals surface area contributed by atoms with Crippen LogP contribution in [0.1, 0.15) is 17.3 Å². The van der Waals surface area contributed by atoms with E-state index in [-0.39, 0.29) is 12.7 Å². The number of ether oxygens (including phenoxy) is 2. The highest BCUT2D eigenvalue weighted by molar-refractivity contribution is 5.97. The minimum atomic E-state index is -0.471. The number of hydrogen-bond acceptors (Lipinski definition) is 5. The predicted octanol–water partition coefficient (Wildman–Crippen LogP) is 2.44. The molecule has 0 N–H and O–H groups in total. The number of benzene rings is 1. The fraction of sp³-hybridized carbons (Fsp3) is 0.444. The van der Waals surface area contributed by atoms with Crippen molar-refractivity contribution in [3.8, 4) is 5.75 Å². The maximum Gasteiger partial charge on any atom is 0.412 e. The molecular formula is C18H25N3O4. The second-order valence-electron chi connectivity index (χ2n) is 6.31. The first kappa shape index (κ1) is 18.8. The first-order valence-electron chi connectivity index (χ1n) is 8.06. The molecule has 1 heterocycles. The third-order valence-corrected chi connectivity index (χ3v) is 3.80. The molecule has 0 unspecified atom stereocenters. The summed E-state index contributed by atoms with van der Waals surface area (Å²) in [7, 11) is 7.22. The van der Waals surface area contributed by atoms with Gasteiger partial charge in [-0.1, -0.05) is 6.07 Å². The van der Waals surface area contributed by atoms with E-state index >= 15 is 0 Å². The molecule has 7 nitrogen and oxygen atoms in total. The molecule has 0 radical (unpaired) electrons. The van der Waals surface area contributed by atoms with Crippen molar-refractivity contribution in [2.75, 3.05) is 41.5 Å². The normalized spacial score (nSPS) is 11.0. The molecule has 0 saturated heterocycles. The van der Waals surface area contributed by atoms with Crippen LogP contribution >= 0.6 is 0 Å². The summed E-state index contributed by atoms with van der Waals surface area (Å²) < 4.78 is 12.3. The van der Waals surface area contributed by atoms with Gasteiger partial charge in [-0.15, -0.1) is 0 Å². The Morgan fingerprint density at radius 3 is 2.48 bits per heavy atom. The summed E-state index contributed by atoms with van der Waals surface area (Å²) in [5.74, 6) is 0.537. The molecule has 0 bridgehead atoms. The molecular weight excluding hydrogens is 322 g/mol. The number of amides is 1. The maximum atomic E-state index is 11.9. The van der Waals surface area contributed by atoms with E-state index in [1.54, 1.807) is 18.7 Å². The lowest BCUT2D eigenvalue weighted by molar-refractivity contribution is 0.0440. The number of hydrogen-bond donors (Lipinski definition) is 0. The van der Waals surface area contributed by atoms with Crippen molar-refractivity contribution in [1.82, 2.24) is 14.4 Å². The Morgan fingerprint density at radius 1 is 1.16 bits per heavy atom. The Bertz CT molecular complexity index is 765. The van der Waals surface area contributed by atoms with Gasteiger partial charge in [0, 0.05) is 39.1 Å². The number of fused-ring (bicyclic) bond motifs is 1. The highest BCUT2D eigenvalue weighted by atomic mass is 16.7. The molecule has 2 aromatic rings. The summed E-state index contributed by atoms with van der Waals surface area (Å²) in [6, 6.07) is 5.52. The van der Waals surface area contributed by atoms with Gasteiger partial charge in [0.2, 0.25) is 12.7 Å². The van der Waals surface area contributed by atoms with Crippen molar-refractivity contribution in [3.05, 3.63) is 30.0 Å². The van der Waals surface area contributed by atoms with E-state index in [1.807, 2.05) is 38.5 Å². The maximum absolute atomic E-state index is 11.9. The van der Waals surface area contributed by atoms with Crippen LogP contribution in [0.25, 0.3) is 10.9 Å². The number of nitrogens with zero attached hydrogens (tertiary/aromatic N) is 3. The van der Waals surface area contributed by atoms with E-state index in [1.165, 1.54) is 11.8 Å². The summed E-state index contributed by atoms with van der Waals surface area (Å²) in [6.45, 7) is 2.19. The molecule has 1 amide bonds. The lowest BCUT2D eigenvalue weighted by Gasteiger charge is -2.13. The van der Waals surface area contributed by atoms with Gasteiger partial charge in [-0.05, 0) is 38.2 Å². The van der Waals surface area contributed by atoms with Gasteiger partial charge in [0.25, 0.3) is 0 Å². The third kappa shape index (κ3) is 4.51. The van der Waals surface area contributed by atoms with Gasteiger partial charge in [0.1, 0.15) is 5.75 Å². The van der Waals surface area contributed by atoms with E-state index in [4.69, 9.17) is 9.47 Å². The zero-order valence-corrected chi connectivity index (χ0v) is 15.4. The fourth-order valence-corrected chi connectivity index (χ4v) is 2.52. The molecule has 0 saturated carbocycles. The minimum Gasteiger partial charge on any atom is -0.457 e. The van der Waals surface area contributed by atoms with E-state index in [2.05, 4.69) is 4.90 Å². The van der Waals surface area contributed by atoms with Gasteiger partial charge >= 0.3 is 6.09 Å². The average Bonchev–Trinajstić information content (AvgIpc) is 2.92. The summed E-state index contributed by atoms with van der Waals surface area (Å²) in [4.78, 5) is 26.9. The quantitative estimate of drug-likeness (QED) is 0.751. The van der Waals surface area contributed by atoms with Crippen LogP contribution in [0.2, 0.25) is 0 Å². The average molecular weight is 347 g/mol. The smallest absolute Gasteiger partial charge is 0.412 e. The summed E-state index contributed by atoms with van der Waals surface area (Å²) in [5.41, 5.74) is 1.81. The van der Waals surface area contributed by atoms with Crippen LogP contribution in [-0.2, 0) is 11.2 Å². The Labute approximate surface area is 147 Å². The molecule has 1 aromatic heterocycles. The van der Waals surface area contributed by atoms with Crippen molar-refractivity contribution in [1.29, 1.82) is 0 Å². The Balaban J connectivity index is 2.32. The number of aromatic nitrogens is 1. The molecule has 136 valence electrons. The molecule has 1 aromatic carbocycles. The van der Waals surface area contributed by atoms with Gasteiger partial charge in [-0.3, -0.25) is 9.36 Å². The third-order valence-electron chi connectivity index (χ3n) is 3.80. The van der Waals surface area contributed by atoms with Crippen LogP contribution in [0.5, 0.6) is 5.75 Å². The summed E-state index contributed by atoms with van der Waals surface area (Å²) >= 11 is 0. The van der Waals surface area contributed by atoms with E-state index < -0.39 is 6.09 Å². The largest absolute Gasteiger partial charge is 0.457 e. The number of rotatable bonds is 6. The van der Waals surface area contributed by atoms with Crippen LogP contribution < -0.4 is 4.74 Å². The summed E-state index contributed by atoms with van der Waals surface area (Å²) in [5, 5.41) is 0.875. The monoisotopic (exact) mass is 347 g/mol. The standard InChI is InChI=1S/C18H25N3O4/c1-13(22)21-11-14(9-10-19(2)3)17-15(21)7-6-8-16(17)24-12-25-18(23)20(4)5/h6-8,11H,9-10,12H2,1-5H3. The van der Waals surface area contributed by atoms with Crippen LogP contribution in [-0.4, -0.2) is 67.9 Å². The SMILES string of the molecule is CC(=O)n1cc(CCN(C)C)c2c(OCOC(=O)N(C)C)cccc21. The van der Waals surface area contributed by atoms with Gasteiger partial charge in [0.05, 0.1) is 5.52 Å². The molecule has 0 spiro atoms. The first-order chi connectivity index (χ1) is 11.8. The van der Waals surface area contributed by atoms with Gasteiger partial charge in [0.15, 0.2) is 0 Å². The van der Waals surface area contributed by atoms with Crippen molar-refractivity contribution >= 4 is 22.9 Å². The molecule has 7 heteroatoms. The number of likely N-dealkylation sites (N-methyl/N-ethyl adjacent to an activating group) is 1. The molecule has 25 heavy (non-hydrogen) atoms. The van der Waals surface area contributed by atoms with Crippen molar-refractivity contribution in [3.63, 3.8) is 0 Å². The van der Waals surface area contributed by atoms with Crippen molar-refractivity contribution in [2.45, 2.75) is 13.3 Å². The highest BCUT2D eigenvalue weighted by Crippen LogP contribution is 2.31. The minimum absolute atomic E-state index is 0.0581. The van der Waals surface area contributed by atoms with Crippen molar-refractivity contribution in [2.24, 2.45) is 0 Å². The molecule has 0 aliphatic carbocycles. The Kier molecular flexibility index (Phi) is 6.03. The summed E-state index contributed by atoms with van der Waals surface area (Å²) in [6.07, 6.45) is 2.16. The first-order valence-corrected chi connectivity index (χ1v) is 8.06. The predicted molar refractivity (Wildman–Crippen MR) is 96.2 cm³/mol. The van der Waals surface area contributed by atoms with E-state index in [0.29, 0.717) is 5.75 Å². The van der Waals surface area contributed by atoms with Crippen LogP contribution in [0.15, 0.2) is 24.4 Å². The van der Waals surface area contributed by atoms with E-state index in [0.717, 1.165) is 29.4 Å². The second-order valence-corrected chi connectivity index (χ2v) is 6.31. The van der Waals surface area contributed by atoms with Crippen LogP contribution in [0.4, 0.5) is 4.79 Å². The van der Waals surface area contributed by atoms with Crippen LogP contribution in [0, 0.1) is 0 Å². The second kappa shape index (κ2) is 8.02. The molecule has 0 atom stereocenters. The Hall–Kier alpha value is -2.54. The molecule has 0 aliphatic heterocycles. The Morgan fingerprint density at radius 2 is 1.88 bits per heavy atom. The van der Waals surface area contributed by atoms with E-state index in [9.17, 15) is 9.59 Å².